The lowest BCUT2D eigenvalue weighted by atomic mass is 10.1. The average molecular weight is 209 g/mol. The van der Waals surface area contributed by atoms with E-state index in [1.54, 1.807) is 7.11 Å². The lowest BCUT2D eigenvalue weighted by Crippen LogP contribution is -2.23. The highest BCUT2D eigenvalue weighted by molar-refractivity contribution is 5.27. The van der Waals surface area contributed by atoms with Gasteiger partial charge in [-0.25, -0.2) is 0 Å². The summed E-state index contributed by atoms with van der Waals surface area (Å²) in [5.74, 6) is 0.869. The van der Waals surface area contributed by atoms with E-state index in [4.69, 9.17) is 15.2 Å². The van der Waals surface area contributed by atoms with Gasteiger partial charge in [0.15, 0.2) is 0 Å². The molecule has 0 aliphatic rings. The fourth-order valence-corrected chi connectivity index (χ4v) is 1.20. The van der Waals surface area contributed by atoms with Crippen molar-refractivity contribution in [2.45, 2.75) is 19.4 Å². The number of methoxy groups -OCH3 is 1. The van der Waals surface area contributed by atoms with Crippen LogP contribution in [-0.2, 0) is 11.2 Å². The van der Waals surface area contributed by atoms with E-state index in [9.17, 15) is 0 Å². The normalized spacial score (nSPS) is 12.5. The van der Waals surface area contributed by atoms with E-state index in [1.807, 2.05) is 19.1 Å². The second-order valence-electron chi connectivity index (χ2n) is 3.68. The molecule has 15 heavy (non-hydrogen) atoms. The molecule has 84 valence electrons. The van der Waals surface area contributed by atoms with Crippen LogP contribution < -0.4 is 10.5 Å². The van der Waals surface area contributed by atoms with Crippen molar-refractivity contribution in [3.05, 3.63) is 29.8 Å². The van der Waals surface area contributed by atoms with Crippen LogP contribution in [0.5, 0.6) is 5.75 Å². The third kappa shape index (κ3) is 4.81. The smallest absolute Gasteiger partial charge is 0.119 e. The van der Waals surface area contributed by atoms with Gasteiger partial charge in [-0.1, -0.05) is 12.1 Å². The Hall–Kier alpha value is -1.06. The first-order valence-electron chi connectivity index (χ1n) is 5.18. The minimum Gasteiger partial charge on any atom is -0.492 e. The maximum absolute atomic E-state index is 5.59. The quantitative estimate of drug-likeness (QED) is 0.774. The second kappa shape index (κ2) is 6.43. The van der Waals surface area contributed by atoms with E-state index >= 15 is 0 Å². The molecule has 1 aromatic carbocycles. The van der Waals surface area contributed by atoms with Crippen molar-refractivity contribution in [3.8, 4) is 5.75 Å². The number of rotatable bonds is 6. The van der Waals surface area contributed by atoms with E-state index in [-0.39, 0.29) is 6.04 Å². The molecule has 0 aliphatic heterocycles. The van der Waals surface area contributed by atoms with Crippen LogP contribution in [0.2, 0.25) is 0 Å². The molecule has 1 atom stereocenters. The van der Waals surface area contributed by atoms with Crippen molar-refractivity contribution in [2.75, 3.05) is 20.3 Å². The lowest BCUT2D eigenvalue weighted by Gasteiger charge is -2.09. The minimum absolute atomic E-state index is 0.0677. The van der Waals surface area contributed by atoms with Gasteiger partial charge in [0.05, 0.1) is 6.61 Å². The maximum Gasteiger partial charge on any atom is 0.119 e. The molecule has 0 saturated carbocycles. The number of benzene rings is 1. The standard InChI is InChI=1S/C12H19NO2/c1-10(13)9-15-12-5-3-11(4-6-12)7-8-14-2/h3-6,10H,7-9,13H2,1-2H3. The van der Waals surface area contributed by atoms with E-state index < -0.39 is 0 Å². The summed E-state index contributed by atoms with van der Waals surface area (Å²) in [6, 6.07) is 8.10. The fourth-order valence-electron chi connectivity index (χ4n) is 1.20. The van der Waals surface area contributed by atoms with Crippen LogP contribution in [0.4, 0.5) is 0 Å². The van der Waals surface area contributed by atoms with Gasteiger partial charge >= 0.3 is 0 Å². The first-order valence-corrected chi connectivity index (χ1v) is 5.18. The van der Waals surface area contributed by atoms with Gasteiger partial charge in [-0.15, -0.1) is 0 Å². The predicted molar refractivity (Wildman–Crippen MR) is 61.2 cm³/mol. The Balaban J connectivity index is 2.41. The van der Waals surface area contributed by atoms with Crippen LogP contribution in [0.25, 0.3) is 0 Å². The summed E-state index contributed by atoms with van der Waals surface area (Å²) in [4.78, 5) is 0. The van der Waals surface area contributed by atoms with Crippen molar-refractivity contribution in [1.82, 2.24) is 0 Å². The molecule has 0 fully saturated rings. The summed E-state index contributed by atoms with van der Waals surface area (Å²) < 4.78 is 10.5. The Bertz CT molecular complexity index is 269. The van der Waals surface area contributed by atoms with Crippen molar-refractivity contribution in [2.24, 2.45) is 5.73 Å². The van der Waals surface area contributed by atoms with Crippen molar-refractivity contribution in [3.63, 3.8) is 0 Å². The van der Waals surface area contributed by atoms with Crippen molar-refractivity contribution < 1.29 is 9.47 Å². The van der Waals surface area contributed by atoms with Crippen LogP contribution in [0, 0.1) is 0 Å². The number of ether oxygens (including phenoxy) is 2. The highest BCUT2D eigenvalue weighted by Gasteiger charge is 1.97. The molecule has 1 unspecified atom stereocenters. The molecule has 1 aromatic rings. The molecule has 0 spiro atoms. The molecule has 2 N–H and O–H groups in total. The molecule has 0 bridgehead atoms. The summed E-state index contributed by atoms with van der Waals surface area (Å²) in [7, 11) is 1.71. The van der Waals surface area contributed by atoms with Gasteiger partial charge in [-0.05, 0) is 31.0 Å². The van der Waals surface area contributed by atoms with Gasteiger partial charge in [0.25, 0.3) is 0 Å². The van der Waals surface area contributed by atoms with Gasteiger partial charge in [-0.3, -0.25) is 0 Å². The third-order valence-electron chi connectivity index (χ3n) is 2.03. The fraction of sp³-hybridized carbons (Fsp3) is 0.500. The van der Waals surface area contributed by atoms with Gasteiger partial charge in [0.2, 0.25) is 0 Å². The summed E-state index contributed by atoms with van der Waals surface area (Å²) >= 11 is 0. The van der Waals surface area contributed by atoms with Gasteiger partial charge < -0.3 is 15.2 Å². The zero-order valence-electron chi connectivity index (χ0n) is 9.40. The van der Waals surface area contributed by atoms with E-state index in [2.05, 4.69) is 12.1 Å². The Morgan fingerprint density at radius 2 is 1.93 bits per heavy atom. The Morgan fingerprint density at radius 3 is 2.47 bits per heavy atom. The maximum atomic E-state index is 5.59. The van der Waals surface area contributed by atoms with Crippen LogP contribution in [-0.4, -0.2) is 26.4 Å². The van der Waals surface area contributed by atoms with Gasteiger partial charge in [0, 0.05) is 13.2 Å². The summed E-state index contributed by atoms with van der Waals surface area (Å²) in [5, 5.41) is 0. The predicted octanol–water partition coefficient (Wildman–Crippen LogP) is 1.60. The molecule has 1 rings (SSSR count). The number of nitrogens with two attached hydrogens (primary N) is 1. The van der Waals surface area contributed by atoms with Crippen LogP contribution in [0.15, 0.2) is 24.3 Å². The highest BCUT2D eigenvalue weighted by atomic mass is 16.5. The molecule has 0 amide bonds. The zero-order valence-corrected chi connectivity index (χ0v) is 9.40. The second-order valence-corrected chi connectivity index (χ2v) is 3.68. The molecule has 0 radical (unpaired) electrons. The lowest BCUT2D eigenvalue weighted by molar-refractivity contribution is 0.202. The molecule has 0 saturated heterocycles. The molecular formula is C12H19NO2. The Kier molecular flexibility index (Phi) is 5.15. The van der Waals surface area contributed by atoms with Crippen LogP contribution in [0.1, 0.15) is 12.5 Å². The third-order valence-corrected chi connectivity index (χ3v) is 2.03. The molecule has 0 aliphatic carbocycles. The largest absolute Gasteiger partial charge is 0.492 e. The average Bonchev–Trinajstić information content (AvgIpc) is 2.25. The van der Waals surface area contributed by atoms with E-state index in [0.717, 1.165) is 18.8 Å². The minimum atomic E-state index is 0.0677. The van der Waals surface area contributed by atoms with Gasteiger partial charge in [-0.2, -0.15) is 0 Å². The zero-order chi connectivity index (χ0) is 11.1. The van der Waals surface area contributed by atoms with Gasteiger partial charge in [0.1, 0.15) is 12.4 Å². The summed E-state index contributed by atoms with van der Waals surface area (Å²) in [6.07, 6.45) is 0.935. The first-order chi connectivity index (χ1) is 7.22. The van der Waals surface area contributed by atoms with E-state index in [1.165, 1.54) is 5.56 Å². The van der Waals surface area contributed by atoms with Crippen LogP contribution in [0.3, 0.4) is 0 Å². The highest BCUT2D eigenvalue weighted by Crippen LogP contribution is 2.12. The summed E-state index contributed by atoms with van der Waals surface area (Å²) in [5.41, 5.74) is 6.85. The monoisotopic (exact) mass is 209 g/mol. The SMILES string of the molecule is COCCc1ccc(OCC(C)N)cc1. The topological polar surface area (TPSA) is 44.5 Å². The van der Waals surface area contributed by atoms with E-state index in [0.29, 0.717) is 6.61 Å². The molecular weight excluding hydrogens is 190 g/mol. The molecule has 0 heterocycles. The first kappa shape index (κ1) is 12.0. The number of hydrogen-bond acceptors (Lipinski definition) is 3. The van der Waals surface area contributed by atoms with Crippen LogP contribution >= 0.6 is 0 Å². The molecule has 3 heteroatoms. The Labute approximate surface area is 91.2 Å². The molecule has 3 nitrogen and oxygen atoms in total. The Morgan fingerprint density at radius 1 is 1.27 bits per heavy atom. The van der Waals surface area contributed by atoms with Crippen molar-refractivity contribution in [1.29, 1.82) is 0 Å². The molecule has 0 aromatic heterocycles. The summed E-state index contributed by atoms with van der Waals surface area (Å²) in [6.45, 7) is 3.23. The van der Waals surface area contributed by atoms with Crippen molar-refractivity contribution >= 4 is 0 Å². The number of hydrogen-bond donors (Lipinski definition) is 1.